The first-order chi connectivity index (χ1) is 17.7. The van der Waals surface area contributed by atoms with Crippen LogP contribution >= 0.6 is 0 Å². The van der Waals surface area contributed by atoms with Crippen LogP contribution in [0.1, 0.15) is 40.9 Å². The van der Waals surface area contributed by atoms with Crippen molar-refractivity contribution >= 4 is 22.5 Å². The van der Waals surface area contributed by atoms with Crippen molar-refractivity contribution in [3.63, 3.8) is 0 Å². The zero-order chi connectivity index (χ0) is 24.5. The van der Waals surface area contributed by atoms with Crippen molar-refractivity contribution in [1.29, 1.82) is 0 Å². The summed E-state index contributed by atoms with van der Waals surface area (Å²) in [5.74, 6) is 0.537. The Morgan fingerprint density at radius 2 is 1.61 bits per heavy atom. The lowest BCUT2D eigenvalue weighted by Crippen LogP contribution is -2.15. The number of rotatable bonds is 5. The maximum atomic E-state index is 5.27. The van der Waals surface area contributed by atoms with Gasteiger partial charge in [0, 0.05) is 16.6 Å². The summed E-state index contributed by atoms with van der Waals surface area (Å²) in [6, 6.07) is 36.5. The Labute approximate surface area is 213 Å². The lowest BCUT2D eigenvalue weighted by molar-refractivity contribution is 0.718. The van der Waals surface area contributed by atoms with Crippen LogP contribution < -0.4 is 5.32 Å². The van der Waals surface area contributed by atoms with E-state index in [0.29, 0.717) is 5.92 Å². The van der Waals surface area contributed by atoms with E-state index in [4.69, 9.17) is 4.98 Å². The smallest absolute Gasteiger partial charge is 0.0940 e. The van der Waals surface area contributed by atoms with Gasteiger partial charge in [0.15, 0.2) is 0 Å². The molecule has 2 heteroatoms. The van der Waals surface area contributed by atoms with Crippen LogP contribution in [-0.2, 0) is 6.42 Å². The maximum Gasteiger partial charge on any atom is 0.0940 e. The van der Waals surface area contributed by atoms with E-state index in [1.165, 1.54) is 38.6 Å². The quantitative estimate of drug-likeness (QED) is 0.280. The Hall–Kier alpha value is -4.17. The number of aryl methyl sites for hydroxylation is 1. The first kappa shape index (κ1) is 22.3. The van der Waals surface area contributed by atoms with Crippen LogP contribution in [0.25, 0.3) is 28.1 Å². The molecule has 0 fully saturated rings. The molecule has 0 spiro atoms. The van der Waals surface area contributed by atoms with Crippen molar-refractivity contribution in [1.82, 2.24) is 4.98 Å². The molecule has 0 saturated carbocycles. The molecule has 4 aromatic carbocycles. The van der Waals surface area contributed by atoms with Crippen molar-refractivity contribution in [2.75, 3.05) is 5.32 Å². The first-order valence-electron chi connectivity index (χ1n) is 12.7. The minimum atomic E-state index is -0.0750. The average molecular weight is 467 g/mol. The Morgan fingerprint density at radius 3 is 2.50 bits per heavy atom. The summed E-state index contributed by atoms with van der Waals surface area (Å²) >= 11 is 0. The van der Waals surface area contributed by atoms with Gasteiger partial charge in [0.05, 0.1) is 17.4 Å². The molecule has 0 saturated heterocycles. The molecule has 2 unspecified atom stereocenters. The van der Waals surface area contributed by atoms with Crippen LogP contribution in [0.5, 0.6) is 0 Å². The molecule has 2 nitrogen and oxygen atoms in total. The fraction of sp³-hybridized carbons (Fsp3) is 0.147. The second kappa shape index (κ2) is 9.47. The van der Waals surface area contributed by atoms with Gasteiger partial charge in [0.25, 0.3) is 0 Å². The highest BCUT2D eigenvalue weighted by molar-refractivity contribution is 5.95. The Kier molecular flexibility index (Phi) is 5.87. The van der Waals surface area contributed by atoms with Gasteiger partial charge in [-0.15, -0.1) is 0 Å². The number of pyridine rings is 1. The number of allylic oxidation sites excluding steroid dienone is 1. The van der Waals surface area contributed by atoms with Crippen molar-refractivity contribution in [2.45, 2.75) is 26.3 Å². The molecule has 36 heavy (non-hydrogen) atoms. The zero-order valence-electron chi connectivity index (χ0n) is 20.8. The van der Waals surface area contributed by atoms with E-state index in [2.05, 4.69) is 134 Å². The van der Waals surface area contributed by atoms with Gasteiger partial charge < -0.3 is 5.32 Å². The molecule has 0 bridgehead atoms. The Morgan fingerprint density at radius 1 is 0.806 bits per heavy atom. The van der Waals surface area contributed by atoms with E-state index in [1.807, 2.05) is 0 Å². The van der Waals surface area contributed by atoms with E-state index in [0.717, 1.165) is 23.5 Å². The van der Waals surface area contributed by atoms with E-state index in [9.17, 15) is 0 Å². The predicted octanol–water partition coefficient (Wildman–Crippen LogP) is 8.62. The van der Waals surface area contributed by atoms with E-state index in [-0.39, 0.29) is 6.04 Å². The molecular weight excluding hydrogens is 436 g/mol. The van der Waals surface area contributed by atoms with Gasteiger partial charge in [-0.1, -0.05) is 110 Å². The van der Waals surface area contributed by atoms with Crippen LogP contribution in [-0.4, -0.2) is 4.98 Å². The SMILES string of the molecule is Cc1ccc2ccccc2c1NC(c1ccccc1)c1cccc(-c2cccc3c2CC(C)C=C3)n1. The predicted molar refractivity (Wildman–Crippen MR) is 152 cm³/mol. The zero-order valence-corrected chi connectivity index (χ0v) is 20.8. The highest BCUT2D eigenvalue weighted by Gasteiger charge is 2.20. The fourth-order valence-electron chi connectivity index (χ4n) is 5.34. The van der Waals surface area contributed by atoms with E-state index in [1.54, 1.807) is 0 Å². The van der Waals surface area contributed by atoms with Crippen molar-refractivity contribution < 1.29 is 0 Å². The highest BCUT2D eigenvalue weighted by atomic mass is 15.0. The molecule has 0 amide bonds. The van der Waals surface area contributed by atoms with Crippen molar-refractivity contribution in [2.24, 2.45) is 5.92 Å². The van der Waals surface area contributed by atoms with Crippen LogP contribution in [0.15, 0.2) is 109 Å². The summed E-state index contributed by atoms with van der Waals surface area (Å²) in [4.78, 5) is 5.27. The molecule has 6 rings (SSSR count). The molecule has 1 N–H and O–H groups in total. The van der Waals surface area contributed by atoms with Gasteiger partial charge in [0.2, 0.25) is 0 Å². The van der Waals surface area contributed by atoms with Crippen LogP contribution in [0.2, 0.25) is 0 Å². The van der Waals surface area contributed by atoms with Crippen LogP contribution in [0.4, 0.5) is 5.69 Å². The standard InChI is InChI=1S/C34H30N2/c1-23-18-20-26-13-8-15-29(30(26)22-23)31-16-9-17-32(35-31)34(27-11-4-3-5-12-27)36-33-24(2)19-21-25-10-6-7-14-28(25)33/h3-21,23,34,36H,22H2,1-2H3. The minimum Gasteiger partial charge on any atom is -0.372 e. The number of nitrogens with zero attached hydrogens (tertiary/aromatic N) is 1. The summed E-state index contributed by atoms with van der Waals surface area (Å²) in [6.07, 6.45) is 5.61. The summed E-state index contributed by atoms with van der Waals surface area (Å²) in [5, 5.41) is 6.36. The molecule has 176 valence electrons. The summed E-state index contributed by atoms with van der Waals surface area (Å²) in [5.41, 5.74) is 9.56. The Balaban J connectivity index is 1.47. The Bertz CT molecular complexity index is 1570. The molecule has 1 aromatic heterocycles. The molecule has 0 aliphatic heterocycles. The lowest BCUT2D eigenvalue weighted by Gasteiger charge is -2.24. The van der Waals surface area contributed by atoms with Gasteiger partial charge in [-0.2, -0.15) is 0 Å². The number of aromatic nitrogens is 1. The number of fused-ring (bicyclic) bond motifs is 2. The van der Waals surface area contributed by atoms with Gasteiger partial charge >= 0.3 is 0 Å². The fourth-order valence-corrected chi connectivity index (χ4v) is 5.34. The summed E-state index contributed by atoms with van der Waals surface area (Å²) in [7, 11) is 0. The van der Waals surface area contributed by atoms with Crippen LogP contribution in [0.3, 0.4) is 0 Å². The van der Waals surface area contributed by atoms with Crippen LogP contribution in [0, 0.1) is 12.8 Å². The second-order valence-electron chi connectivity index (χ2n) is 9.83. The topological polar surface area (TPSA) is 24.9 Å². The molecule has 5 aromatic rings. The summed E-state index contributed by atoms with van der Waals surface area (Å²) in [6.45, 7) is 4.45. The lowest BCUT2D eigenvalue weighted by atomic mass is 9.86. The second-order valence-corrected chi connectivity index (χ2v) is 9.83. The largest absolute Gasteiger partial charge is 0.372 e. The first-order valence-corrected chi connectivity index (χ1v) is 12.7. The molecule has 0 radical (unpaired) electrons. The average Bonchev–Trinajstić information content (AvgIpc) is 2.93. The van der Waals surface area contributed by atoms with Gasteiger partial charge in [0.1, 0.15) is 0 Å². The monoisotopic (exact) mass is 466 g/mol. The third-order valence-corrected chi connectivity index (χ3v) is 7.24. The third kappa shape index (κ3) is 4.20. The number of hydrogen-bond acceptors (Lipinski definition) is 2. The maximum absolute atomic E-state index is 5.27. The van der Waals surface area contributed by atoms with Gasteiger partial charge in [-0.05, 0) is 59.0 Å². The molecule has 2 atom stereocenters. The molecular formula is C34H30N2. The number of hydrogen-bond donors (Lipinski definition) is 1. The number of anilines is 1. The van der Waals surface area contributed by atoms with Gasteiger partial charge in [-0.3, -0.25) is 4.98 Å². The van der Waals surface area contributed by atoms with E-state index >= 15 is 0 Å². The summed E-state index contributed by atoms with van der Waals surface area (Å²) < 4.78 is 0. The van der Waals surface area contributed by atoms with Gasteiger partial charge in [-0.25, -0.2) is 0 Å². The third-order valence-electron chi connectivity index (χ3n) is 7.24. The molecule has 1 aliphatic carbocycles. The number of benzene rings is 4. The highest BCUT2D eigenvalue weighted by Crippen LogP contribution is 2.35. The van der Waals surface area contributed by atoms with Crippen molar-refractivity contribution in [3.8, 4) is 11.3 Å². The normalized spacial score (nSPS) is 15.4. The number of nitrogens with one attached hydrogen (secondary N) is 1. The minimum absolute atomic E-state index is 0.0750. The van der Waals surface area contributed by atoms with E-state index < -0.39 is 0 Å². The molecule has 1 heterocycles. The van der Waals surface area contributed by atoms with Crippen molar-refractivity contribution in [3.05, 3.63) is 137 Å². The molecule has 1 aliphatic rings.